The molecule has 3 aromatic rings. The Balaban J connectivity index is 1.65. The normalized spacial score (nSPS) is 11.1. The second kappa shape index (κ2) is 9.69. The van der Waals surface area contributed by atoms with Gasteiger partial charge >= 0.3 is 0 Å². The van der Waals surface area contributed by atoms with E-state index in [-0.39, 0.29) is 17.2 Å². The molecule has 0 aliphatic heterocycles. The minimum absolute atomic E-state index is 0.0307. The van der Waals surface area contributed by atoms with Gasteiger partial charge in [-0.05, 0) is 53.4 Å². The molecule has 0 aliphatic carbocycles. The summed E-state index contributed by atoms with van der Waals surface area (Å²) in [7, 11) is -3.82. The van der Waals surface area contributed by atoms with Crippen molar-refractivity contribution in [2.24, 2.45) is 0 Å². The van der Waals surface area contributed by atoms with E-state index in [4.69, 9.17) is 0 Å². The summed E-state index contributed by atoms with van der Waals surface area (Å²) in [4.78, 5) is 15.5. The smallest absolute Gasteiger partial charge is 0.261 e. The van der Waals surface area contributed by atoms with Crippen molar-refractivity contribution in [1.29, 1.82) is 0 Å². The predicted octanol–water partition coefficient (Wildman–Crippen LogP) is 4.45. The van der Waals surface area contributed by atoms with Gasteiger partial charge in [0.05, 0.1) is 17.9 Å². The molecule has 30 heavy (non-hydrogen) atoms. The highest BCUT2D eigenvalue weighted by molar-refractivity contribution is 7.92. The molecule has 2 aromatic carbocycles. The number of rotatable bonds is 9. The van der Waals surface area contributed by atoms with Gasteiger partial charge in [-0.2, -0.15) is 0 Å². The molecule has 1 heterocycles. The van der Waals surface area contributed by atoms with Crippen LogP contribution in [0.5, 0.6) is 0 Å². The number of thiophene rings is 1. The van der Waals surface area contributed by atoms with Gasteiger partial charge in [-0.3, -0.25) is 9.52 Å². The Labute approximate surface area is 179 Å². The molecule has 0 unspecified atom stereocenters. The van der Waals surface area contributed by atoms with Crippen molar-refractivity contribution in [2.45, 2.75) is 17.9 Å². The Morgan fingerprint density at radius 1 is 1.10 bits per heavy atom. The summed E-state index contributed by atoms with van der Waals surface area (Å²) in [5.41, 5.74) is 1.13. The maximum Gasteiger partial charge on any atom is 0.261 e. The minimum Gasteiger partial charge on any atom is -0.334 e. The van der Waals surface area contributed by atoms with Crippen LogP contribution >= 0.6 is 11.3 Å². The second-order valence-corrected chi connectivity index (χ2v) is 9.29. The van der Waals surface area contributed by atoms with Gasteiger partial charge in [0, 0.05) is 17.1 Å². The van der Waals surface area contributed by atoms with Crippen molar-refractivity contribution >= 4 is 33.0 Å². The molecule has 0 bridgehead atoms. The molecule has 3 rings (SSSR count). The number of carbonyl (C=O) groups excluding carboxylic acids is 1. The zero-order valence-corrected chi connectivity index (χ0v) is 17.8. The Hall–Kier alpha value is -2.97. The molecule has 0 saturated heterocycles. The Kier molecular flexibility index (Phi) is 7.02. The predicted molar refractivity (Wildman–Crippen MR) is 117 cm³/mol. The number of halogens is 1. The molecule has 1 N–H and O–H groups in total. The van der Waals surface area contributed by atoms with Crippen LogP contribution in [0.3, 0.4) is 0 Å². The Morgan fingerprint density at radius 2 is 1.80 bits per heavy atom. The van der Waals surface area contributed by atoms with Gasteiger partial charge in [-0.25, -0.2) is 12.8 Å². The SMILES string of the molecule is C=CCN(Cc1cccs1)C(=O)Cc1ccc(NS(=O)(=O)c2ccc(F)cc2)cc1. The summed E-state index contributed by atoms with van der Waals surface area (Å²) in [6.07, 6.45) is 1.89. The van der Waals surface area contributed by atoms with Crippen LogP contribution in [0.25, 0.3) is 0 Å². The summed E-state index contributed by atoms with van der Waals surface area (Å²) in [6, 6.07) is 15.1. The minimum atomic E-state index is -3.82. The lowest BCUT2D eigenvalue weighted by molar-refractivity contribution is -0.130. The molecule has 0 aliphatic rings. The highest BCUT2D eigenvalue weighted by Gasteiger charge is 2.16. The molecule has 0 fully saturated rings. The molecule has 0 saturated carbocycles. The zero-order chi connectivity index (χ0) is 21.6. The monoisotopic (exact) mass is 444 g/mol. The quantitative estimate of drug-likeness (QED) is 0.496. The molecule has 0 atom stereocenters. The van der Waals surface area contributed by atoms with Crippen molar-refractivity contribution in [2.75, 3.05) is 11.3 Å². The fourth-order valence-corrected chi connectivity index (χ4v) is 4.58. The lowest BCUT2D eigenvalue weighted by Crippen LogP contribution is -2.31. The van der Waals surface area contributed by atoms with E-state index in [0.717, 1.165) is 22.6 Å². The molecule has 5 nitrogen and oxygen atoms in total. The number of hydrogen-bond acceptors (Lipinski definition) is 4. The highest BCUT2D eigenvalue weighted by Crippen LogP contribution is 2.18. The number of carbonyl (C=O) groups is 1. The maximum absolute atomic E-state index is 13.0. The van der Waals surface area contributed by atoms with Gasteiger partial charge in [-0.1, -0.05) is 24.3 Å². The van der Waals surface area contributed by atoms with Crippen molar-refractivity contribution in [3.05, 3.63) is 95.0 Å². The summed E-state index contributed by atoms with van der Waals surface area (Å²) < 4.78 is 40.2. The van der Waals surface area contributed by atoms with Crippen molar-refractivity contribution < 1.29 is 17.6 Å². The van der Waals surface area contributed by atoms with Gasteiger partial charge in [0.15, 0.2) is 0 Å². The van der Waals surface area contributed by atoms with E-state index < -0.39 is 15.8 Å². The maximum atomic E-state index is 13.0. The third-order valence-electron chi connectivity index (χ3n) is 4.31. The third-order valence-corrected chi connectivity index (χ3v) is 6.57. The summed E-state index contributed by atoms with van der Waals surface area (Å²) >= 11 is 1.59. The first-order valence-corrected chi connectivity index (χ1v) is 11.5. The Bertz CT molecular complexity index is 1090. The molecular formula is C22H21FN2O3S2. The van der Waals surface area contributed by atoms with Crippen LogP contribution in [-0.2, 0) is 27.8 Å². The summed E-state index contributed by atoms with van der Waals surface area (Å²) in [6.45, 7) is 4.69. The number of amides is 1. The molecule has 1 amide bonds. The van der Waals surface area contributed by atoms with E-state index >= 15 is 0 Å². The lowest BCUT2D eigenvalue weighted by atomic mass is 10.1. The average molecular weight is 445 g/mol. The number of anilines is 1. The first kappa shape index (κ1) is 21.7. The molecule has 8 heteroatoms. The van der Waals surface area contributed by atoms with Gasteiger partial charge in [-0.15, -0.1) is 17.9 Å². The average Bonchev–Trinajstić information content (AvgIpc) is 3.22. The van der Waals surface area contributed by atoms with Crippen LogP contribution in [0, 0.1) is 5.82 Å². The molecule has 0 spiro atoms. The molecule has 156 valence electrons. The number of hydrogen-bond donors (Lipinski definition) is 1. The van der Waals surface area contributed by atoms with Gasteiger partial charge < -0.3 is 4.90 Å². The Morgan fingerprint density at radius 3 is 2.40 bits per heavy atom. The molecule has 1 aromatic heterocycles. The van der Waals surface area contributed by atoms with Crippen LogP contribution < -0.4 is 4.72 Å². The van der Waals surface area contributed by atoms with E-state index in [1.807, 2.05) is 17.5 Å². The highest BCUT2D eigenvalue weighted by atomic mass is 32.2. The van der Waals surface area contributed by atoms with Gasteiger partial charge in [0.1, 0.15) is 5.82 Å². The zero-order valence-electron chi connectivity index (χ0n) is 16.1. The molecular weight excluding hydrogens is 423 g/mol. The number of benzene rings is 2. The van der Waals surface area contributed by atoms with Crippen LogP contribution in [0.1, 0.15) is 10.4 Å². The van der Waals surface area contributed by atoms with Crippen LogP contribution in [-0.4, -0.2) is 25.8 Å². The van der Waals surface area contributed by atoms with Crippen LogP contribution in [0.4, 0.5) is 10.1 Å². The standard InChI is InChI=1S/C22H21FN2O3S2/c1-2-13-25(16-20-4-3-14-29-20)22(26)15-17-5-9-19(10-6-17)24-30(27,28)21-11-7-18(23)8-12-21/h2-12,14,24H,1,13,15-16H2. The summed E-state index contributed by atoms with van der Waals surface area (Å²) in [5, 5.41) is 1.97. The van der Waals surface area contributed by atoms with Crippen LogP contribution in [0.15, 0.2) is 83.6 Å². The fraction of sp³-hybridized carbons (Fsp3) is 0.136. The van der Waals surface area contributed by atoms with E-state index in [0.29, 0.717) is 18.8 Å². The van der Waals surface area contributed by atoms with Crippen molar-refractivity contribution in [1.82, 2.24) is 4.90 Å². The third kappa shape index (κ3) is 5.77. The number of sulfonamides is 1. The first-order valence-electron chi connectivity index (χ1n) is 9.16. The van der Waals surface area contributed by atoms with Crippen molar-refractivity contribution in [3.63, 3.8) is 0 Å². The lowest BCUT2D eigenvalue weighted by Gasteiger charge is -2.20. The second-order valence-electron chi connectivity index (χ2n) is 6.58. The molecule has 0 radical (unpaired) electrons. The van der Waals surface area contributed by atoms with Crippen LogP contribution in [0.2, 0.25) is 0 Å². The van der Waals surface area contributed by atoms with Crippen molar-refractivity contribution in [3.8, 4) is 0 Å². The van der Waals surface area contributed by atoms with Gasteiger partial charge in [0.2, 0.25) is 5.91 Å². The fourth-order valence-electron chi connectivity index (χ4n) is 2.81. The topological polar surface area (TPSA) is 66.5 Å². The largest absolute Gasteiger partial charge is 0.334 e. The summed E-state index contributed by atoms with van der Waals surface area (Å²) in [5.74, 6) is -0.546. The van der Waals surface area contributed by atoms with E-state index in [9.17, 15) is 17.6 Å². The van der Waals surface area contributed by atoms with E-state index in [1.54, 1.807) is 46.6 Å². The number of nitrogens with one attached hydrogen (secondary N) is 1. The first-order chi connectivity index (χ1) is 14.4. The van der Waals surface area contributed by atoms with E-state index in [1.165, 1.54) is 12.1 Å². The van der Waals surface area contributed by atoms with Gasteiger partial charge in [0.25, 0.3) is 10.0 Å². The van der Waals surface area contributed by atoms with E-state index in [2.05, 4.69) is 11.3 Å². The number of nitrogens with zero attached hydrogens (tertiary/aromatic N) is 1.